The number of rotatable bonds is 3. The van der Waals surface area contributed by atoms with E-state index in [0.717, 1.165) is 15.8 Å². The van der Waals surface area contributed by atoms with Crippen molar-refractivity contribution in [3.05, 3.63) is 58.7 Å². The van der Waals surface area contributed by atoms with Gasteiger partial charge in [0.05, 0.1) is 30.0 Å². The molecule has 0 bridgehead atoms. The first-order valence-electron chi connectivity index (χ1n) is 5.76. The van der Waals surface area contributed by atoms with E-state index in [-0.39, 0.29) is 0 Å². The van der Waals surface area contributed by atoms with Crippen molar-refractivity contribution in [3.63, 3.8) is 0 Å². The van der Waals surface area contributed by atoms with Crippen molar-refractivity contribution in [3.8, 4) is 5.69 Å². The summed E-state index contributed by atoms with van der Waals surface area (Å²) in [6.07, 6.45) is 6.54. The van der Waals surface area contributed by atoms with Crippen LogP contribution in [0, 0.1) is 0 Å². The van der Waals surface area contributed by atoms with E-state index < -0.39 is 0 Å². The van der Waals surface area contributed by atoms with Gasteiger partial charge in [0.25, 0.3) is 0 Å². The van der Waals surface area contributed by atoms with Crippen molar-refractivity contribution >= 4 is 39.0 Å². The van der Waals surface area contributed by atoms with Crippen molar-refractivity contribution in [2.45, 2.75) is 0 Å². The lowest BCUT2D eigenvalue weighted by molar-refractivity contribution is 0.876. The quantitative estimate of drug-likeness (QED) is 0.780. The average molecular weight is 351 g/mol. The van der Waals surface area contributed by atoms with Crippen molar-refractivity contribution in [2.75, 3.05) is 5.32 Å². The molecule has 0 aliphatic heterocycles. The molecule has 100 valence electrons. The van der Waals surface area contributed by atoms with E-state index in [9.17, 15) is 0 Å². The molecule has 0 aliphatic rings. The molecular formula is C13H9BrClN5. The Kier molecular flexibility index (Phi) is 3.66. The maximum absolute atomic E-state index is 6.00. The molecule has 1 N–H and O–H groups in total. The number of halogens is 2. The number of para-hydroxylation sites is 1. The molecule has 0 saturated heterocycles. The van der Waals surface area contributed by atoms with Gasteiger partial charge >= 0.3 is 0 Å². The lowest BCUT2D eigenvalue weighted by atomic mass is 10.3. The molecule has 0 atom stereocenters. The Morgan fingerprint density at radius 3 is 2.85 bits per heavy atom. The predicted octanol–water partition coefficient (Wildman–Crippen LogP) is 3.82. The van der Waals surface area contributed by atoms with Crippen LogP contribution in [-0.4, -0.2) is 19.7 Å². The second-order valence-electron chi connectivity index (χ2n) is 3.97. The molecule has 1 aromatic carbocycles. The van der Waals surface area contributed by atoms with E-state index in [0.29, 0.717) is 10.8 Å². The molecular weight excluding hydrogens is 342 g/mol. The van der Waals surface area contributed by atoms with Crippen LogP contribution in [0.2, 0.25) is 5.02 Å². The summed E-state index contributed by atoms with van der Waals surface area (Å²) in [4.78, 5) is 7.91. The van der Waals surface area contributed by atoms with Gasteiger partial charge in [-0.2, -0.15) is 5.10 Å². The van der Waals surface area contributed by atoms with Crippen molar-refractivity contribution in [1.82, 2.24) is 19.7 Å². The van der Waals surface area contributed by atoms with Crippen LogP contribution in [0.15, 0.2) is 53.7 Å². The largest absolute Gasteiger partial charge is 0.336 e. The standard InChI is InChI=1S/C13H9BrClN5/c14-10-3-1-2-4-12(10)20-7-9(5-18-20)19-13-11(15)6-16-8-17-13/h1-8H,(H,16,17,19). The van der Waals surface area contributed by atoms with Crippen LogP contribution >= 0.6 is 27.5 Å². The summed E-state index contributed by atoms with van der Waals surface area (Å²) in [5.41, 5.74) is 1.75. The molecule has 2 aromatic heterocycles. The molecule has 0 saturated carbocycles. The minimum atomic E-state index is 0.459. The average Bonchev–Trinajstić information content (AvgIpc) is 2.90. The highest BCUT2D eigenvalue weighted by molar-refractivity contribution is 9.10. The van der Waals surface area contributed by atoms with Gasteiger partial charge < -0.3 is 5.32 Å². The van der Waals surface area contributed by atoms with Gasteiger partial charge in [-0.05, 0) is 28.1 Å². The van der Waals surface area contributed by atoms with Crippen LogP contribution in [0.25, 0.3) is 5.69 Å². The fourth-order valence-corrected chi connectivity index (χ4v) is 2.32. The Bertz CT molecular complexity index is 743. The minimum Gasteiger partial charge on any atom is -0.336 e. The fraction of sp³-hybridized carbons (Fsp3) is 0. The van der Waals surface area contributed by atoms with E-state index in [4.69, 9.17) is 11.6 Å². The Morgan fingerprint density at radius 1 is 1.20 bits per heavy atom. The van der Waals surface area contributed by atoms with Gasteiger partial charge in [0.2, 0.25) is 0 Å². The highest BCUT2D eigenvalue weighted by Gasteiger charge is 2.06. The zero-order chi connectivity index (χ0) is 13.9. The first-order chi connectivity index (χ1) is 9.74. The summed E-state index contributed by atoms with van der Waals surface area (Å²) in [6.45, 7) is 0. The zero-order valence-corrected chi connectivity index (χ0v) is 12.5. The molecule has 0 aliphatic carbocycles. The van der Waals surface area contributed by atoms with Crippen LogP contribution in [-0.2, 0) is 0 Å². The molecule has 2 heterocycles. The summed E-state index contributed by atoms with van der Waals surface area (Å²) < 4.78 is 2.73. The van der Waals surface area contributed by atoms with Crippen LogP contribution in [0.1, 0.15) is 0 Å². The van der Waals surface area contributed by atoms with Gasteiger partial charge in [-0.1, -0.05) is 23.7 Å². The third-order valence-corrected chi connectivity index (χ3v) is 3.56. The van der Waals surface area contributed by atoms with Gasteiger partial charge in [0, 0.05) is 4.47 Å². The van der Waals surface area contributed by atoms with E-state index in [1.807, 2.05) is 30.5 Å². The van der Waals surface area contributed by atoms with Crippen LogP contribution in [0.5, 0.6) is 0 Å². The predicted molar refractivity (Wildman–Crippen MR) is 81.6 cm³/mol. The SMILES string of the molecule is Clc1cncnc1Nc1cnn(-c2ccccc2Br)c1. The molecule has 3 rings (SSSR count). The van der Waals surface area contributed by atoms with Crippen LogP contribution < -0.4 is 5.32 Å². The number of hydrogen-bond donors (Lipinski definition) is 1. The summed E-state index contributed by atoms with van der Waals surface area (Å²) in [6, 6.07) is 7.84. The number of nitrogens with one attached hydrogen (secondary N) is 1. The molecule has 20 heavy (non-hydrogen) atoms. The smallest absolute Gasteiger partial charge is 0.152 e. The van der Waals surface area contributed by atoms with Crippen molar-refractivity contribution < 1.29 is 0 Å². The molecule has 5 nitrogen and oxygen atoms in total. The first kappa shape index (κ1) is 13.1. The Morgan fingerprint density at radius 2 is 2.05 bits per heavy atom. The lowest BCUT2D eigenvalue weighted by Crippen LogP contribution is -1.96. The molecule has 7 heteroatoms. The minimum absolute atomic E-state index is 0.459. The first-order valence-corrected chi connectivity index (χ1v) is 6.93. The van der Waals surface area contributed by atoms with E-state index in [2.05, 4.69) is 36.3 Å². The Labute approximate surface area is 128 Å². The Hall–Kier alpha value is -1.92. The third-order valence-electron chi connectivity index (χ3n) is 2.61. The zero-order valence-electron chi connectivity index (χ0n) is 10.2. The van der Waals surface area contributed by atoms with Crippen molar-refractivity contribution in [2.24, 2.45) is 0 Å². The fourth-order valence-electron chi connectivity index (χ4n) is 1.70. The van der Waals surface area contributed by atoms with Crippen LogP contribution in [0.3, 0.4) is 0 Å². The van der Waals surface area contributed by atoms with Gasteiger partial charge in [0.1, 0.15) is 11.3 Å². The number of nitrogens with zero attached hydrogens (tertiary/aromatic N) is 4. The number of hydrogen-bond acceptors (Lipinski definition) is 4. The maximum Gasteiger partial charge on any atom is 0.152 e. The second-order valence-corrected chi connectivity index (χ2v) is 5.23. The summed E-state index contributed by atoms with van der Waals surface area (Å²) in [5.74, 6) is 0.549. The molecule has 0 fully saturated rings. The van der Waals surface area contributed by atoms with E-state index in [1.54, 1.807) is 10.9 Å². The summed E-state index contributed by atoms with van der Waals surface area (Å²) in [7, 11) is 0. The topological polar surface area (TPSA) is 55.6 Å². The van der Waals surface area contributed by atoms with E-state index in [1.165, 1.54) is 12.5 Å². The van der Waals surface area contributed by atoms with Crippen molar-refractivity contribution in [1.29, 1.82) is 0 Å². The monoisotopic (exact) mass is 349 g/mol. The second kappa shape index (κ2) is 5.60. The van der Waals surface area contributed by atoms with E-state index >= 15 is 0 Å². The highest BCUT2D eigenvalue weighted by atomic mass is 79.9. The molecule has 0 spiro atoms. The number of anilines is 2. The third kappa shape index (κ3) is 2.66. The lowest BCUT2D eigenvalue weighted by Gasteiger charge is -2.04. The van der Waals surface area contributed by atoms with Gasteiger partial charge in [-0.15, -0.1) is 0 Å². The Balaban J connectivity index is 1.88. The number of benzene rings is 1. The highest BCUT2D eigenvalue weighted by Crippen LogP contribution is 2.24. The van der Waals surface area contributed by atoms with Crippen LogP contribution in [0.4, 0.5) is 11.5 Å². The molecule has 3 aromatic rings. The molecule has 0 unspecified atom stereocenters. The molecule has 0 amide bonds. The number of aromatic nitrogens is 4. The normalized spacial score (nSPS) is 10.5. The van der Waals surface area contributed by atoms with Gasteiger partial charge in [0.15, 0.2) is 5.82 Å². The van der Waals surface area contributed by atoms with Gasteiger partial charge in [-0.3, -0.25) is 0 Å². The summed E-state index contributed by atoms with van der Waals surface area (Å²) in [5, 5.41) is 7.87. The summed E-state index contributed by atoms with van der Waals surface area (Å²) >= 11 is 9.50. The molecule has 0 radical (unpaired) electrons. The van der Waals surface area contributed by atoms with Gasteiger partial charge in [-0.25, -0.2) is 14.6 Å². The maximum atomic E-state index is 6.00.